The lowest BCUT2D eigenvalue weighted by atomic mass is 9.53. The van der Waals surface area contributed by atoms with E-state index in [1.807, 2.05) is 6.07 Å². The Labute approximate surface area is 180 Å². The third-order valence-corrected chi connectivity index (χ3v) is 7.85. The first-order valence-corrected chi connectivity index (χ1v) is 11.9. The Morgan fingerprint density at radius 3 is 2.67 bits per heavy atom. The molecule has 0 heterocycles. The average molecular weight is 406 g/mol. The van der Waals surface area contributed by atoms with E-state index in [0.717, 1.165) is 63.3 Å². The summed E-state index contributed by atoms with van der Waals surface area (Å²) in [5.41, 5.74) is 3.24. The van der Waals surface area contributed by atoms with E-state index in [1.54, 1.807) is 0 Å². The molecule has 2 N–H and O–H groups in total. The Kier molecular flexibility index (Phi) is 5.59. The van der Waals surface area contributed by atoms with Crippen molar-refractivity contribution >= 4 is 0 Å². The van der Waals surface area contributed by atoms with Crippen LogP contribution in [0.3, 0.4) is 0 Å². The normalized spacial score (nSPS) is 27.9. The summed E-state index contributed by atoms with van der Waals surface area (Å²) in [6.45, 7) is 2.72. The van der Waals surface area contributed by atoms with E-state index in [1.165, 1.54) is 36.0 Å². The molecule has 0 saturated heterocycles. The van der Waals surface area contributed by atoms with Gasteiger partial charge in [0, 0.05) is 5.41 Å². The number of hydrogen-bond donors (Lipinski definition) is 2. The van der Waals surface area contributed by atoms with Crippen LogP contribution in [-0.4, -0.2) is 23.8 Å². The number of ether oxygens (including phenoxy) is 1. The van der Waals surface area contributed by atoms with Gasteiger partial charge >= 0.3 is 0 Å². The largest absolute Gasteiger partial charge is 0.489 e. The van der Waals surface area contributed by atoms with Gasteiger partial charge in [-0.1, -0.05) is 49.2 Å². The zero-order valence-corrected chi connectivity index (χ0v) is 18.0. The van der Waals surface area contributed by atoms with E-state index in [0.29, 0.717) is 6.61 Å². The number of hydrogen-bond acceptors (Lipinski definition) is 3. The van der Waals surface area contributed by atoms with Gasteiger partial charge in [-0.15, -0.1) is 0 Å². The minimum Gasteiger partial charge on any atom is -0.489 e. The molecule has 0 aliphatic heterocycles. The highest BCUT2D eigenvalue weighted by molar-refractivity contribution is 5.46. The number of nitrogens with one attached hydrogen (secondary N) is 1. The summed E-state index contributed by atoms with van der Waals surface area (Å²) in [5.74, 6) is 1.82. The van der Waals surface area contributed by atoms with Crippen molar-refractivity contribution in [3.05, 3.63) is 65.2 Å². The van der Waals surface area contributed by atoms with Crippen LogP contribution in [0, 0.1) is 5.92 Å². The molecule has 30 heavy (non-hydrogen) atoms. The number of aliphatic hydroxyl groups is 1. The second-order valence-electron chi connectivity index (χ2n) is 9.81. The maximum Gasteiger partial charge on any atom is 0.120 e. The second kappa shape index (κ2) is 8.36. The molecule has 3 aliphatic carbocycles. The SMILES string of the molecule is O[C@]12CCCC[C@@]1(CCNCC1CC1)c1cc(OCc3ccccc3)ccc1CC2. The van der Waals surface area contributed by atoms with Gasteiger partial charge in [0.15, 0.2) is 0 Å². The van der Waals surface area contributed by atoms with Crippen molar-refractivity contribution < 1.29 is 9.84 Å². The van der Waals surface area contributed by atoms with Crippen LogP contribution in [0.15, 0.2) is 48.5 Å². The van der Waals surface area contributed by atoms with Crippen molar-refractivity contribution in [1.29, 1.82) is 0 Å². The monoisotopic (exact) mass is 405 g/mol. The molecule has 0 aromatic heterocycles. The Hall–Kier alpha value is -1.84. The lowest BCUT2D eigenvalue weighted by Crippen LogP contribution is -2.57. The molecule has 2 fully saturated rings. The fraction of sp³-hybridized carbons (Fsp3) is 0.556. The molecule has 0 amide bonds. The minimum absolute atomic E-state index is 0.137. The molecule has 5 rings (SSSR count). The highest BCUT2D eigenvalue weighted by Gasteiger charge is 2.54. The van der Waals surface area contributed by atoms with Gasteiger partial charge in [0.2, 0.25) is 0 Å². The van der Waals surface area contributed by atoms with Crippen LogP contribution < -0.4 is 10.1 Å². The third-order valence-electron chi connectivity index (χ3n) is 7.85. The fourth-order valence-electron chi connectivity index (χ4n) is 5.88. The number of fused-ring (bicyclic) bond motifs is 3. The Bertz CT molecular complexity index is 862. The summed E-state index contributed by atoms with van der Waals surface area (Å²) < 4.78 is 6.18. The van der Waals surface area contributed by atoms with Crippen LogP contribution in [0.2, 0.25) is 0 Å². The van der Waals surface area contributed by atoms with Crippen LogP contribution in [0.5, 0.6) is 5.75 Å². The highest BCUT2D eigenvalue weighted by atomic mass is 16.5. The van der Waals surface area contributed by atoms with Crippen molar-refractivity contribution in [3.8, 4) is 5.75 Å². The maximum absolute atomic E-state index is 11.8. The van der Waals surface area contributed by atoms with E-state index in [9.17, 15) is 5.11 Å². The zero-order chi connectivity index (χ0) is 20.4. The van der Waals surface area contributed by atoms with Crippen molar-refractivity contribution in [2.45, 2.75) is 75.4 Å². The molecule has 0 radical (unpaired) electrons. The summed E-state index contributed by atoms with van der Waals surface area (Å²) >= 11 is 0. The first kappa shape index (κ1) is 20.1. The first-order chi connectivity index (χ1) is 14.7. The van der Waals surface area contributed by atoms with Crippen molar-refractivity contribution in [2.75, 3.05) is 13.1 Å². The van der Waals surface area contributed by atoms with E-state index in [-0.39, 0.29) is 5.41 Å². The van der Waals surface area contributed by atoms with E-state index >= 15 is 0 Å². The molecular formula is C27H35NO2. The van der Waals surface area contributed by atoms with Crippen molar-refractivity contribution in [1.82, 2.24) is 5.32 Å². The molecule has 2 aromatic rings. The summed E-state index contributed by atoms with van der Waals surface area (Å²) in [7, 11) is 0. The molecule has 2 saturated carbocycles. The fourth-order valence-corrected chi connectivity index (χ4v) is 5.88. The van der Waals surface area contributed by atoms with Crippen molar-refractivity contribution in [3.63, 3.8) is 0 Å². The molecule has 0 bridgehead atoms. The maximum atomic E-state index is 11.8. The van der Waals surface area contributed by atoms with Gasteiger partial charge in [0.1, 0.15) is 12.4 Å². The lowest BCUT2D eigenvalue weighted by Gasteiger charge is -2.55. The summed E-state index contributed by atoms with van der Waals surface area (Å²) in [4.78, 5) is 0. The van der Waals surface area contributed by atoms with Gasteiger partial charge in [0.05, 0.1) is 5.60 Å². The topological polar surface area (TPSA) is 41.5 Å². The predicted molar refractivity (Wildman–Crippen MR) is 121 cm³/mol. The van der Waals surface area contributed by atoms with Crippen LogP contribution in [0.1, 0.15) is 68.1 Å². The Balaban J connectivity index is 1.39. The summed E-state index contributed by atoms with van der Waals surface area (Å²) in [6.07, 6.45) is 10.0. The molecule has 0 spiro atoms. The highest BCUT2D eigenvalue weighted by Crippen LogP contribution is 2.55. The van der Waals surface area contributed by atoms with E-state index in [4.69, 9.17) is 4.74 Å². The molecule has 2 aromatic carbocycles. The molecule has 2 atom stereocenters. The average Bonchev–Trinajstić information content (AvgIpc) is 3.61. The molecule has 3 heteroatoms. The van der Waals surface area contributed by atoms with Crippen molar-refractivity contribution in [2.24, 2.45) is 5.92 Å². The molecule has 0 unspecified atom stereocenters. The summed E-state index contributed by atoms with van der Waals surface area (Å²) in [6, 6.07) is 17.0. The second-order valence-corrected chi connectivity index (χ2v) is 9.81. The van der Waals surface area contributed by atoms with Crippen LogP contribution >= 0.6 is 0 Å². The lowest BCUT2D eigenvalue weighted by molar-refractivity contribution is -0.0869. The Morgan fingerprint density at radius 1 is 1.00 bits per heavy atom. The van der Waals surface area contributed by atoms with Crippen LogP contribution in [-0.2, 0) is 18.4 Å². The van der Waals surface area contributed by atoms with Gasteiger partial charge in [-0.05, 0) is 92.8 Å². The number of benzene rings is 2. The van der Waals surface area contributed by atoms with E-state index in [2.05, 4.69) is 47.8 Å². The molecule has 3 aliphatic rings. The first-order valence-electron chi connectivity index (χ1n) is 11.9. The molecular weight excluding hydrogens is 370 g/mol. The molecule has 3 nitrogen and oxygen atoms in total. The standard InChI is InChI=1S/C27H35NO2/c29-27-14-5-4-13-26(27,16-17-28-19-21-8-9-21)25-18-24(11-10-23(25)12-15-27)30-20-22-6-2-1-3-7-22/h1-3,6-7,10-11,18,21,28-29H,4-5,8-9,12-17,19-20H2/t26-,27+/m1/s1. The van der Waals surface area contributed by atoms with Gasteiger partial charge < -0.3 is 15.2 Å². The third kappa shape index (κ3) is 3.90. The van der Waals surface area contributed by atoms with Crippen LogP contribution in [0.25, 0.3) is 0 Å². The zero-order valence-electron chi connectivity index (χ0n) is 18.0. The van der Waals surface area contributed by atoms with E-state index < -0.39 is 5.60 Å². The number of rotatable bonds is 8. The summed E-state index contributed by atoms with van der Waals surface area (Å²) in [5, 5.41) is 15.5. The molecule has 160 valence electrons. The van der Waals surface area contributed by atoms with Gasteiger partial charge in [-0.25, -0.2) is 0 Å². The van der Waals surface area contributed by atoms with Gasteiger partial charge in [-0.3, -0.25) is 0 Å². The quantitative estimate of drug-likeness (QED) is 0.597. The van der Waals surface area contributed by atoms with Crippen LogP contribution in [0.4, 0.5) is 0 Å². The van der Waals surface area contributed by atoms with Gasteiger partial charge in [-0.2, -0.15) is 0 Å². The van der Waals surface area contributed by atoms with Gasteiger partial charge in [0.25, 0.3) is 0 Å². The number of aryl methyl sites for hydroxylation is 1. The Morgan fingerprint density at radius 2 is 1.83 bits per heavy atom. The minimum atomic E-state index is -0.572. The predicted octanol–water partition coefficient (Wildman–Crippen LogP) is 5.14. The smallest absolute Gasteiger partial charge is 0.120 e.